The van der Waals surface area contributed by atoms with E-state index in [4.69, 9.17) is 27.8 Å². The molecule has 5 atom stereocenters. The maximum Gasteiger partial charge on any atom is 0.193 e. The molecule has 1 fully saturated rings. The van der Waals surface area contributed by atoms with Crippen LogP contribution in [-0.4, -0.2) is 69.0 Å². The van der Waals surface area contributed by atoms with Gasteiger partial charge in [0.2, 0.25) is 0 Å². The van der Waals surface area contributed by atoms with Crippen molar-refractivity contribution < 1.29 is 20.1 Å². The molecular weight excluding hydrogens is 248 g/mol. The van der Waals surface area contributed by atoms with Gasteiger partial charge in [0.1, 0.15) is 24.5 Å². The fourth-order valence-corrected chi connectivity index (χ4v) is 1.99. The number of ether oxygens (including phenoxy) is 1. The van der Waals surface area contributed by atoms with Gasteiger partial charge >= 0.3 is 0 Å². The van der Waals surface area contributed by atoms with Gasteiger partial charge in [-0.2, -0.15) is 5.10 Å². The summed E-state index contributed by atoms with van der Waals surface area (Å²) in [4.78, 5) is 0. The molecule has 3 unspecified atom stereocenters. The van der Waals surface area contributed by atoms with Crippen molar-refractivity contribution in [2.45, 2.75) is 30.7 Å². The topological polar surface area (TPSA) is 124 Å². The summed E-state index contributed by atoms with van der Waals surface area (Å²) < 4.78 is 5.27. The van der Waals surface area contributed by atoms with E-state index in [1.54, 1.807) is 0 Å². The summed E-state index contributed by atoms with van der Waals surface area (Å²) in [6.45, 7) is -0.397. The van der Waals surface area contributed by atoms with E-state index in [1.807, 2.05) is 0 Å². The van der Waals surface area contributed by atoms with Crippen molar-refractivity contribution in [3.05, 3.63) is 0 Å². The number of rotatable bonds is 2. The Morgan fingerprint density at radius 2 is 2.24 bits per heavy atom. The van der Waals surface area contributed by atoms with E-state index in [-0.39, 0.29) is 5.11 Å². The van der Waals surface area contributed by atoms with Crippen molar-refractivity contribution >= 4 is 23.5 Å². The summed E-state index contributed by atoms with van der Waals surface area (Å²) in [5.41, 5.74) is 5.53. The summed E-state index contributed by atoms with van der Waals surface area (Å²) in [6.07, 6.45) is -3.29. The minimum absolute atomic E-state index is 0.190. The van der Waals surface area contributed by atoms with Crippen LogP contribution in [-0.2, 0) is 4.74 Å². The smallest absolute Gasteiger partial charge is 0.193 e. The van der Waals surface area contributed by atoms with Crippen LogP contribution < -0.4 is 11.1 Å². The number of hydrogen-bond donors (Lipinski definition) is 5. The molecule has 0 aromatic carbocycles. The predicted octanol–water partition coefficient (Wildman–Crippen LogP) is -3.11. The first kappa shape index (κ1) is 12.6. The molecule has 0 saturated carbocycles. The van der Waals surface area contributed by atoms with Crippen molar-refractivity contribution in [2.24, 2.45) is 10.8 Å². The molecule has 6 N–H and O–H groups in total. The van der Waals surface area contributed by atoms with Crippen molar-refractivity contribution in [1.29, 1.82) is 0 Å². The quantitative estimate of drug-likeness (QED) is 0.331. The zero-order valence-corrected chi connectivity index (χ0v) is 9.62. The van der Waals surface area contributed by atoms with Crippen LogP contribution in [0.15, 0.2) is 5.10 Å². The summed E-state index contributed by atoms with van der Waals surface area (Å²) in [6, 6.07) is 0. The van der Waals surface area contributed by atoms with E-state index in [1.165, 1.54) is 11.2 Å². The fourth-order valence-electron chi connectivity index (χ4n) is 1.71. The van der Waals surface area contributed by atoms with E-state index < -0.39 is 37.3 Å². The fraction of sp³-hybridized carbons (Fsp3) is 0.750. The highest BCUT2D eigenvalue weighted by Gasteiger charge is 2.46. The normalized spacial score (nSPS) is 41.8. The van der Waals surface area contributed by atoms with Crippen LogP contribution in [0.1, 0.15) is 0 Å². The molecular formula is C8H14N4O4S. The third kappa shape index (κ3) is 2.25. The van der Waals surface area contributed by atoms with Crippen LogP contribution in [0.4, 0.5) is 0 Å². The Hall–Kier alpha value is -0.840. The number of hydrogen-bond acceptors (Lipinski definition) is 7. The lowest BCUT2D eigenvalue weighted by atomic mass is 10.1. The van der Waals surface area contributed by atoms with E-state index in [0.29, 0.717) is 0 Å². The highest BCUT2D eigenvalue weighted by Crippen LogP contribution is 2.24. The third-order valence-electron chi connectivity index (χ3n) is 2.61. The van der Waals surface area contributed by atoms with E-state index in [0.717, 1.165) is 0 Å². The highest BCUT2D eigenvalue weighted by atomic mass is 32.1. The Bertz CT molecular complexity index is 341. The lowest BCUT2D eigenvalue weighted by molar-refractivity contribution is -0.0720. The Labute approximate surface area is 103 Å². The summed E-state index contributed by atoms with van der Waals surface area (Å²) in [5, 5.41) is 36.4. The van der Waals surface area contributed by atoms with E-state index >= 15 is 0 Å². The molecule has 0 radical (unpaired) electrons. The monoisotopic (exact) mass is 262 g/mol. The maximum atomic E-state index is 9.77. The molecule has 2 heterocycles. The number of aliphatic hydroxyl groups is 3. The van der Waals surface area contributed by atoms with Gasteiger partial charge in [0.25, 0.3) is 0 Å². The minimum Gasteiger partial charge on any atom is -0.394 e. The molecule has 2 aliphatic rings. The number of aliphatic hydroxyl groups excluding tert-OH is 3. The average Bonchev–Trinajstić information content (AvgIpc) is 2.57. The Morgan fingerprint density at radius 1 is 1.53 bits per heavy atom. The van der Waals surface area contributed by atoms with Gasteiger partial charge in [-0.25, -0.2) is 5.01 Å². The molecule has 2 rings (SSSR count). The van der Waals surface area contributed by atoms with Crippen LogP contribution in [0.25, 0.3) is 0 Å². The zero-order valence-electron chi connectivity index (χ0n) is 8.80. The molecule has 8 nitrogen and oxygen atoms in total. The SMILES string of the molecule is NC1C=NN([C@@H]2O[C@H](CO)C(O)C2O)C(=S)N1. The molecule has 9 heteroatoms. The Kier molecular flexibility index (Phi) is 3.56. The van der Waals surface area contributed by atoms with E-state index in [9.17, 15) is 10.2 Å². The van der Waals surface area contributed by atoms with Crippen molar-refractivity contribution in [3.63, 3.8) is 0 Å². The predicted molar refractivity (Wildman–Crippen MR) is 61.8 cm³/mol. The minimum atomic E-state index is -1.21. The molecule has 0 aliphatic carbocycles. The van der Waals surface area contributed by atoms with Crippen molar-refractivity contribution in [3.8, 4) is 0 Å². The number of thiocarbonyl (C=S) groups is 1. The second kappa shape index (κ2) is 4.80. The first-order valence-corrected chi connectivity index (χ1v) is 5.47. The molecule has 17 heavy (non-hydrogen) atoms. The van der Waals surface area contributed by atoms with Gasteiger partial charge in [0.15, 0.2) is 11.3 Å². The number of hydrazone groups is 1. The lowest BCUT2D eigenvalue weighted by Crippen LogP contribution is -2.56. The maximum absolute atomic E-state index is 9.77. The van der Waals surface area contributed by atoms with Gasteiger partial charge < -0.3 is 31.1 Å². The van der Waals surface area contributed by atoms with Crippen LogP contribution in [0.2, 0.25) is 0 Å². The van der Waals surface area contributed by atoms with Crippen molar-refractivity contribution in [2.75, 3.05) is 6.61 Å². The van der Waals surface area contributed by atoms with Crippen LogP contribution >= 0.6 is 12.2 Å². The van der Waals surface area contributed by atoms with Crippen molar-refractivity contribution in [1.82, 2.24) is 10.3 Å². The van der Waals surface area contributed by atoms with Crippen LogP contribution in [0.3, 0.4) is 0 Å². The molecule has 0 amide bonds. The molecule has 0 aromatic rings. The van der Waals surface area contributed by atoms with Gasteiger partial charge in [-0.1, -0.05) is 0 Å². The summed E-state index contributed by atoms with van der Waals surface area (Å²) in [5.74, 6) is 0. The zero-order chi connectivity index (χ0) is 12.6. The Morgan fingerprint density at radius 3 is 2.76 bits per heavy atom. The van der Waals surface area contributed by atoms with Gasteiger partial charge in [-0.15, -0.1) is 0 Å². The standard InChI is InChI=1S/C8H14N4O4S/c9-4-1-10-12(8(17)11-4)7-6(15)5(14)3(2-13)16-7/h1,3-7,13-15H,2,9H2,(H,11,17)/t3-,4?,5?,6?,7-/m1/s1. The molecule has 0 aromatic heterocycles. The molecule has 2 aliphatic heterocycles. The lowest BCUT2D eigenvalue weighted by Gasteiger charge is -2.32. The van der Waals surface area contributed by atoms with Gasteiger partial charge in [0, 0.05) is 0 Å². The molecule has 0 spiro atoms. The first-order chi connectivity index (χ1) is 8.04. The summed E-state index contributed by atoms with van der Waals surface area (Å²) >= 11 is 4.99. The highest BCUT2D eigenvalue weighted by molar-refractivity contribution is 7.80. The van der Waals surface area contributed by atoms with Crippen LogP contribution in [0.5, 0.6) is 0 Å². The number of nitrogens with zero attached hydrogens (tertiary/aromatic N) is 2. The third-order valence-corrected chi connectivity index (χ3v) is 2.91. The molecule has 0 bridgehead atoms. The molecule has 96 valence electrons. The molecule has 1 saturated heterocycles. The second-order valence-electron chi connectivity index (χ2n) is 3.81. The average molecular weight is 262 g/mol. The first-order valence-electron chi connectivity index (χ1n) is 5.06. The second-order valence-corrected chi connectivity index (χ2v) is 4.20. The van der Waals surface area contributed by atoms with Crippen LogP contribution in [0, 0.1) is 0 Å². The Balaban J connectivity index is 2.13. The summed E-state index contributed by atoms with van der Waals surface area (Å²) in [7, 11) is 0. The number of nitrogens with one attached hydrogen (secondary N) is 1. The largest absolute Gasteiger partial charge is 0.394 e. The van der Waals surface area contributed by atoms with Gasteiger partial charge in [0.05, 0.1) is 12.8 Å². The van der Waals surface area contributed by atoms with E-state index in [2.05, 4.69) is 10.4 Å². The number of nitrogens with two attached hydrogens (primary N) is 1. The van der Waals surface area contributed by atoms with Gasteiger partial charge in [-0.3, -0.25) is 0 Å². The van der Waals surface area contributed by atoms with Gasteiger partial charge in [-0.05, 0) is 12.2 Å².